The molecule has 0 amide bonds. The second-order valence-corrected chi connectivity index (χ2v) is 10.4. The van der Waals surface area contributed by atoms with Crippen molar-refractivity contribution in [1.29, 1.82) is 0 Å². The van der Waals surface area contributed by atoms with E-state index in [-0.39, 0.29) is 5.82 Å². The lowest BCUT2D eigenvalue weighted by Gasteiger charge is -2.47. The number of piperazine rings is 1. The highest BCUT2D eigenvalue weighted by molar-refractivity contribution is 5.52. The van der Waals surface area contributed by atoms with Crippen molar-refractivity contribution in [2.45, 2.75) is 65.6 Å². The number of nitrogens with one attached hydrogen (secondary N) is 1. The van der Waals surface area contributed by atoms with E-state index in [4.69, 9.17) is 14.4 Å². The van der Waals surface area contributed by atoms with Crippen LogP contribution in [0.3, 0.4) is 0 Å². The van der Waals surface area contributed by atoms with Gasteiger partial charge >= 0.3 is 6.01 Å². The number of rotatable bonds is 8. The summed E-state index contributed by atoms with van der Waals surface area (Å²) >= 11 is 0. The van der Waals surface area contributed by atoms with Gasteiger partial charge in [-0.2, -0.15) is 0 Å². The van der Waals surface area contributed by atoms with E-state index in [0.29, 0.717) is 41.8 Å². The van der Waals surface area contributed by atoms with Gasteiger partial charge in [-0.25, -0.2) is 14.4 Å². The summed E-state index contributed by atoms with van der Waals surface area (Å²) in [4.78, 5) is 17.0. The Morgan fingerprint density at radius 3 is 2.61 bits per heavy atom. The summed E-state index contributed by atoms with van der Waals surface area (Å²) in [6.45, 7) is 14.6. The lowest BCUT2D eigenvalue weighted by Crippen LogP contribution is -2.58. The molecule has 1 N–H and O–H groups in total. The summed E-state index contributed by atoms with van der Waals surface area (Å²) in [5, 5.41) is 11.1. The van der Waals surface area contributed by atoms with Gasteiger partial charge in [0.05, 0.1) is 11.9 Å². The van der Waals surface area contributed by atoms with Crippen LogP contribution in [-0.4, -0.2) is 81.3 Å². The normalized spacial score (nSPS) is 19.7. The maximum Gasteiger partial charge on any atom is 0.315 e. The van der Waals surface area contributed by atoms with Crippen molar-refractivity contribution in [1.82, 2.24) is 30.0 Å². The minimum Gasteiger partial charge on any atom is -0.402 e. The van der Waals surface area contributed by atoms with Crippen LogP contribution in [-0.2, 0) is 6.54 Å². The third-order valence-corrected chi connectivity index (χ3v) is 7.86. The molecule has 9 nitrogen and oxygen atoms in total. The van der Waals surface area contributed by atoms with Crippen LogP contribution in [0.15, 0.2) is 28.8 Å². The lowest BCUT2D eigenvalue weighted by atomic mass is 9.97. The van der Waals surface area contributed by atoms with Crippen molar-refractivity contribution < 1.29 is 8.81 Å². The molecular weight excluding hydrogens is 483 g/mol. The molecule has 38 heavy (non-hydrogen) atoms. The summed E-state index contributed by atoms with van der Waals surface area (Å²) in [6.07, 6.45) is 5.13. The quantitative estimate of drug-likeness (QED) is 0.466. The topological polar surface area (TPSA) is 86.5 Å². The van der Waals surface area contributed by atoms with Crippen LogP contribution in [0, 0.1) is 19.7 Å². The second-order valence-electron chi connectivity index (χ2n) is 10.4. The fraction of sp³-hybridized carbons (Fsp3) is 0.571. The zero-order valence-corrected chi connectivity index (χ0v) is 23.0. The Kier molecular flexibility index (Phi) is 8.18. The maximum absolute atomic E-state index is 14.0. The molecule has 2 aromatic heterocycles. The first kappa shape index (κ1) is 26.5. The van der Waals surface area contributed by atoms with Crippen molar-refractivity contribution >= 4 is 11.8 Å². The Hall–Kier alpha value is -3.11. The zero-order chi connectivity index (χ0) is 26.6. The largest absolute Gasteiger partial charge is 0.402 e. The molecule has 1 aromatic carbocycles. The average Bonchev–Trinajstić information content (AvgIpc) is 3.40. The van der Waals surface area contributed by atoms with Gasteiger partial charge in [-0.3, -0.25) is 9.80 Å². The van der Waals surface area contributed by atoms with Crippen LogP contribution < -0.4 is 10.2 Å². The predicted octanol–water partition coefficient (Wildman–Crippen LogP) is 4.28. The number of piperidine rings is 1. The van der Waals surface area contributed by atoms with Crippen LogP contribution in [0.5, 0.6) is 0 Å². The number of halogens is 1. The molecule has 10 heteroatoms. The third-order valence-electron chi connectivity index (χ3n) is 7.86. The molecule has 2 saturated heterocycles. The van der Waals surface area contributed by atoms with Crippen molar-refractivity contribution in [2.75, 3.05) is 49.5 Å². The Bertz CT molecular complexity index is 1230. The molecule has 4 heterocycles. The van der Waals surface area contributed by atoms with Gasteiger partial charge < -0.3 is 14.6 Å². The molecule has 2 aliphatic rings. The van der Waals surface area contributed by atoms with Crippen molar-refractivity contribution in [3.63, 3.8) is 0 Å². The molecule has 2 aliphatic heterocycles. The number of aromatic nitrogens is 4. The molecule has 1 atom stereocenters. The second kappa shape index (κ2) is 11.7. The summed E-state index contributed by atoms with van der Waals surface area (Å²) in [5.41, 5.74) is 3.23. The summed E-state index contributed by atoms with van der Waals surface area (Å²) in [6, 6.07) is 7.08. The molecule has 204 valence electrons. The van der Waals surface area contributed by atoms with E-state index < -0.39 is 0 Å². The van der Waals surface area contributed by atoms with Gasteiger partial charge in [-0.05, 0) is 70.3 Å². The van der Waals surface area contributed by atoms with Crippen LogP contribution in [0.1, 0.15) is 49.9 Å². The highest BCUT2D eigenvalue weighted by Gasteiger charge is 2.34. The van der Waals surface area contributed by atoms with Crippen LogP contribution in [0.2, 0.25) is 0 Å². The van der Waals surface area contributed by atoms with E-state index >= 15 is 0 Å². The first-order valence-corrected chi connectivity index (χ1v) is 13.8. The van der Waals surface area contributed by atoms with Gasteiger partial charge in [0.15, 0.2) is 0 Å². The molecule has 0 aliphatic carbocycles. The first-order valence-electron chi connectivity index (χ1n) is 13.8. The number of aryl methyl sites for hydroxylation is 2. The maximum atomic E-state index is 14.0. The number of benzene rings is 1. The summed E-state index contributed by atoms with van der Waals surface area (Å²) in [7, 11) is 0. The minimum atomic E-state index is -0.108. The molecule has 0 bridgehead atoms. The number of likely N-dealkylation sites (tertiary alicyclic amines) is 1. The predicted molar refractivity (Wildman–Crippen MR) is 147 cm³/mol. The van der Waals surface area contributed by atoms with Gasteiger partial charge in [0.1, 0.15) is 17.3 Å². The van der Waals surface area contributed by atoms with E-state index in [0.717, 1.165) is 75.6 Å². The van der Waals surface area contributed by atoms with Gasteiger partial charge in [-0.15, -0.1) is 5.10 Å². The Morgan fingerprint density at radius 1 is 1.08 bits per heavy atom. The van der Waals surface area contributed by atoms with Crippen molar-refractivity contribution in [3.05, 3.63) is 47.0 Å². The monoisotopic (exact) mass is 522 g/mol. The fourth-order valence-electron chi connectivity index (χ4n) is 5.75. The lowest BCUT2D eigenvalue weighted by molar-refractivity contribution is 0.0610. The third kappa shape index (κ3) is 5.81. The Labute approximate surface area is 224 Å². The van der Waals surface area contributed by atoms with Gasteiger partial charge in [0, 0.05) is 44.8 Å². The summed E-state index contributed by atoms with van der Waals surface area (Å²) in [5.74, 6) is 1.19. The van der Waals surface area contributed by atoms with E-state index in [1.54, 1.807) is 12.3 Å². The number of anilines is 2. The standard InChI is InChI=1S/C28H39FN8O/c1-5-22-18-36(26-20(4)32-25(16-31-26)27-33-34-28(38-27)30-6-2)13-14-37(22)23-9-11-35(12-10-23)17-21-8-7-19(3)24(29)15-21/h7-8,15-16,22-23H,5-6,9-14,17-18H2,1-4H3,(H,30,34)/t22-/m0/s1. The first-order chi connectivity index (χ1) is 18.4. The summed E-state index contributed by atoms with van der Waals surface area (Å²) < 4.78 is 19.6. The highest BCUT2D eigenvalue weighted by Crippen LogP contribution is 2.28. The van der Waals surface area contributed by atoms with E-state index in [1.807, 2.05) is 26.8 Å². The van der Waals surface area contributed by atoms with Gasteiger partial charge in [-0.1, -0.05) is 24.2 Å². The van der Waals surface area contributed by atoms with E-state index in [1.165, 1.54) is 0 Å². The number of hydrogen-bond donors (Lipinski definition) is 1. The smallest absolute Gasteiger partial charge is 0.315 e. The minimum absolute atomic E-state index is 0.108. The highest BCUT2D eigenvalue weighted by atomic mass is 19.1. The average molecular weight is 523 g/mol. The molecule has 2 fully saturated rings. The van der Waals surface area contributed by atoms with Gasteiger partial charge in [0.25, 0.3) is 5.89 Å². The molecule has 5 rings (SSSR count). The van der Waals surface area contributed by atoms with Gasteiger partial charge in [0.2, 0.25) is 0 Å². The SMILES string of the molecule is CCNc1nnc(-c2cnc(N3CCN(C4CCN(Cc5ccc(C)c(F)c5)CC4)[C@@H](CC)C3)c(C)n2)o1. The van der Waals surface area contributed by atoms with Crippen molar-refractivity contribution in [2.24, 2.45) is 0 Å². The molecule has 0 spiro atoms. The molecular formula is C28H39FN8O. The zero-order valence-electron chi connectivity index (χ0n) is 23.0. The Balaban J connectivity index is 1.18. The Morgan fingerprint density at radius 2 is 1.89 bits per heavy atom. The molecule has 0 radical (unpaired) electrons. The molecule has 0 saturated carbocycles. The fourth-order valence-corrected chi connectivity index (χ4v) is 5.75. The van der Waals surface area contributed by atoms with Crippen LogP contribution >= 0.6 is 0 Å². The van der Waals surface area contributed by atoms with E-state index in [9.17, 15) is 4.39 Å². The molecule has 3 aromatic rings. The number of nitrogens with zero attached hydrogens (tertiary/aromatic N) is 7. The van der Waals surface area contributed by atoms with E-state index in [2.05, 4.69) is 43.2 Å². The van der Waals surface area contributed by atoms with Crippen LogP contribution in [0.4, 0.5) is 16.2 Å². The van der Waals surface area contributed by atoms with Crippen LogP contribution in [0.25, 0.3) is 11.6 Å². The molecule has 0 unspecified atom stereocenters. The number of hydrogen-bond acceptors (Lipinski definition) is 9. The van der Waals surface area contributed by atoms with Crippen molar-refractivity contribution in [3.8, 4) is 11.6 Å².